The largest absolute Gasteiger partial charge is 0.366 e. The lowest BCUT2D eigenvalue weighted by atomic mass is 10.1. The fraction of sp³-hybridized carbons (Fsp3) is 0.0769. The Morgan fingerprint density at radius 1 is 1.25 bits per heavy atom. The summed E-state index contributed by atoms with van der Waals surface area (Å²) in [5.41, 5.74) is 12.7. The maximum Gasteiger partial charge on any atom is 0.316 e. The minimum Gasteiger partial charge on any atom is -0.366 e. The van der Waals surface area contributed by atoms with E-state index in [1.165, 1.54) is 11.8 Å². The second kappa shape index (κ2) is 5.70. The number of benzene rings is 1. The quantitative estimate of drug-likeness (QED) is 0.645. The maximum atomic E-state index is 11.4. The Kier molecular flexibility index (Phi) is 3.99. The minimum atomic E-state index is -0.667. The van der Waals surface area contributed by atoms with E-state index in [2.05, 4.69) is 10.3 Å². The molecule has 0 spiro atoms. The smallest absolute Gasteiger partial charge is 0.316 e. The normalized spacial score (nSPS) is 10.2. The van der Waals surface area contributed by atoms with Gasteiger partial charge in [0.25, 0.3) is 5.91 Å². The van der Waals surface area contributed by atoms with Crippen molar-refractivity contribution in [2.45, 2.75) is 4.90 Å². The van der Waals surface area contributed by atoms with Crippen LogP contribution in [0.1, 0.15) is 10.4 Å². The first-order chi connectivity index (χ1) is 9.54. The summed E-state index contributed by atoms with van der Waals surface area (Å²) in [5.74, 6) is -0.541. The molecule has 1 aromatic heterocycles. The Balaban J connectivity index is 2.63. The Morgan fingerprint density at radius 3 is 2.60 bits per heavy atom. The van der Waals surface area contributed by atoms with E-state index in [1.54, 1.807) is 18.3 Å². The molecule has 20 heavy (non-hydrogen) atoms. The number of carbonyl (C=O) groups is 2. The maximum absolute atomic E-state index is 11.4. The number of nitrogens with two attached hydrogens (primary N) is 2. The van der Waals surface area contributed by atoms with Crippen molar-refractivity contribution in [1.29, 1.82) is 0 Å². The van der Waals surface area contributed by atoms with Gasteiger partial charge in [0, 0.05) is 16.7 Å². The van der Waals surface area contributed by atoms with Gasteiger partial charge in [0.1, 0.15) is 0 Å². The molecular weight excluding hydrogens is 276 g/mol. The lowest BCUT2D eigenvalue weighted by Gasteiger charge is -2.13. The number of hydrogen-bond donors (Lipinski definition) is 4. The van der Waals surface area contributed by atoms with Crippen molar-refractivity contribution in [3.8, 4) is 11.3 Å². The fourth-order valence-corrected chi connectivity index (χ4v) is 2.54. The molecule has 2 aromatic rings. The zero-order valence-electron chi connectivity index (χ0n) is 10.8. The monoisotopic (exact) mass is 290 g/mol. The van der Waals surface area contributed by atoms with E-state index < -0.39 is 11.9 Å². The van der Waals surface area contributed by atoms with Gasteiger partial charge in [-0.2, -0.15) is 0 Å². The number of aromatic nitrogens is 1. The van der Waals surface area contributed by atoms with E-state index in [-0.39, 0.29) is 0 Å². The second-order valence-electron chi connectivity index (χ2n) is 4.00. The summed E-state index contributed by atoms with van der Waals surface area (Å²) in [7, 11) is 0. The molecular formula is C13H14N4O2S. The lowest BCUT2D eigenvalue weighted by molar-refractivity contribution is 0.100. The molecule has 0 aliphatic carbocycles. The first kappa shape index (κ1) is 14.0. The van der Waals surface area contributed by atoms with Crippen LogP contribution in [0.3, 0.4) is 0 Å². The number of anilines is 1. The van der Waals surface area contributed by atoms with Crippen LogP contribution in [-0.2, 0) is 0 Å². The molecule has 0 atom stereocenters. The van der Waals surface area contributed by atoms with Gasteiger partial charge >= 0.3 is 6.03 Å². The molecule has 0 bridgehead atoms. The summed E-state index contributed by atoms with van der Waals surface area (Å²) < 4.78 is 0. The van der Waals surface area contributed by atoms with Crippen LogP contribution in [0.4, 0.5) is 10.5 Å². The minimum absolute atomic E-state index is 0.357. The molecule has 0 aliphatic rings. The number of carbonyl (C=O) groups excluding carboxylic acids is 2. The van der Waals surface area contributed by atoms with Crippen molar-refractivity contribution in [3.05, 3.63) is 36.0 Å². The SMILES string of the molecule is CSc1cccc(-c2[nH]ccc2C(N)=O)c1NC(N)=O. The van der Waals surface area contributed by atoms with Crippen molar-refractivity contribution < 1.29 is 9.59 Å². The fourth-order valence-electron chi connectivity index (χ4n) is 1.96. The Morgan fingerprint density at radius 2 is 2.00 bits per heavy atom. The molecule has 104 valence electrons. The summed E-state index contributed by atoms with van der Waals surface area (Å²) in [6.07, 6.45) is 3.50. The van der Waals surface area contributed by atoms with Gasteiger partial charge in [-0.1, -0.05) is 12.1 Å². The highest BCUT2D eigenvalue weighted by molar-refractivity contribution is 7.98. The Bertz CT molecular complexity index is 666. The molecule has 0 radical (unpaired) electrons. The number of thioether (sulfide) groups is 1. The highest BCUT2D eigenvalue weighted by Gasteiger charge is 2.17. The number of para-hydroxylation sites is 1. The molecule has 0 unspecified atom stereocenters. The average Bonchev–Trinajstić information content (AvgIpc) is 2.87. The van der Waals surface area contributed by atoms with Gasteiger partial charge in [0.15, 0.2) is 0 Å². The van der Waals surface area contributed by atoms with Gasteiger partial charge in [0.2, 0.25) is 0 Å². The van der Waals surface area contributed by atoms with Gasteiger partial charge in [-0.3, -0.25) is 4.79 Å². The topological polar surface area (TPSA) is 114 Å². The Hall–Kier alpha value is -2.41. The summed E-state index contributed by atoms with van der Waals surface area (Å²) in [4.78, 5) is 26.4. The molecule has 0 saturated heterocycles. The van der Waals surface area contributed by atoms with Crippen molar-refractivity contribution in [3.63, 3.8) is 0 Å². The van der Waals surface area contributed by atoms with E-state index >= 15 is 0 Å². The molecule has 2 rings (SSSR count). The Labute approximate surface area is 119 Å². The summed E-state index contributed by atoms with van der Waals surface area (Å²) in [6.45, 7) is 0. The van der Waals surface area contributed by atoms with Crippen LogP contribution in [0.2, 0.25) is 0 Å². The number of urea groups is 1. The number of aromatic amines is 1. The van der Waals surface area contributed by atoms with Crippen LogP contribution in [0.5, 0.6) is 0 Å². The highest BCUT2D eigenvalue weighted by atomic mass is 32.2. The molecule has 0 aliphatic heterocycles. The third-order valence-electron chi connectivity index (χ3n) is 2.78. The van der Waals surface area contributed by atoms with Gasteiger partial charge in [-0.15, -0.1) is 11.8 Å². The van der Waals surface area contributed by atoms with Crippen LogP contribution in [-0.4, -0.2) is 23.2 Å². The van der Waals surface area contributed by atoms with Crippen molar-refractivity contribution >= 4 is 29.4 Å². The van der Waals surface area contributed by atoms with Crippen molar-refractivity contribution in [2.24, 2.45) is 11.5 Å². The zero-order valence-corrected chi connectivity index (χ0v) is 11.6. The van der Waals surface area contributed by atoms with E-state index in [0.717, 1.165) is 4.90 Å². The molecule has 0 fully saturated rings. The molecule has 3 amide bonds. The van der Waals surface area contributed by atoms with Gasteiger partial charge in [-0.05, 0) is 18.4 Å². The predicted molar refractivity (Wildman–Crippen MR) is 79.7 cm³/mol. The number of H-pyrrole nitrogens is 1. The van der Waals surface area contributed by atoms with Gasteiger partial charge < -0.3 is 21.8 Å². The van der Waals surface area contributed by atoms with Gasteiger partial charge in [-0.25, -0.2) is 4.79 Å². The van der Waals surface area contributed by atoms with Crippen LogP contribution in [0.15, 0.2) is 35.4 Å². The molecule has 6 N–H and O–H groups in total. The molecule has 7 heteroatoms. The third kappa shape index (κ3) is 2.62. The van der Waals surface area contributed by atoms with Crippen molar-refractivity contribution in [2.75, 3.05) is 11.6 Å². The number of hydrogen-bond acceptors (Lipinski definition) is 3. The lowest BCUT2D eigenvalue weighted by Crippen LogP contribution is -2.20. The predicted octanol–water partition coefficient (Wildman–Crippen LogP) is 1.99. The second-order valence-corrected chi connectivity index (χ2v) is 4.85. The molecule has 1 heterocycles. The van der Waals surface area contributed by atoms with Crippen LogP contribution in [0.25, 0.3) is 11.3 Å². The van der Waals surface area contributed by atoms with Crippen LogP contribution >= 0.6 is 11.8 Å². The third-order valence-corrected chi connectivity index (χ3v) is 3.56. The number of rotatable bonds is 4. The molecule has 1 aromatic carbocycles. The number of nitrogens with one attached hydrogen (secondary N) is 2. The first-order valence-corrected chi connectivity index (χ1v) is 6.98. The van der Waals surface area contributed by atoms with Crippen molar-refractivity contribution in [1.82, 2.24) is 4.98 Å². The summed E-state index contributed by atoms with van der Waals surface area (Å²) in [5, 5.41) is 2.59. The average molecular weight is 290 g/mol. The van der Waals surface area contributed by atoms with E-state index in [1.807, 2.05) is 18.4 Å². The van der Waals surface area contributed by atoms with E-state index in [4.69, 9.17) is 11.5 Å². The standard InChI is InChI=1S/C13H14N4O2S/c1-20-9-4-2-3-7(11(9)17-13(15)19)10-8(12(14)18)5-6-16-10/h2-6,16H,1H3,(H2,14,18)(H3,15,17,19). The van der Waals surface area contributed by atoms with E-state index in [9.17, 15) is 9.59 Å². The summed E-state index contributed by atoms with van der Waals surface area (Å²) >= 11 is 1.46. The highest BCUT2D eigenvalue weighted by Crippen LogP contribution is 2.36. The number of primary amides is 2. The number of amides is 3. The first-order valence-electron chi connectivity index (χ1n) is 5.75. The van der Waals surface area contributed by atoms with Crippen LogP contribution < -0.4 is 16.8 Å². The van der Waals surface area contributed by atoms with Gasteiger partial charge in [0.05, 0.1) is 16.9 Å². The van der Waals surface area contributed by atoms with E-state index in [0.29, 0.717) is 22.5 Å². The summed E-state index contributed by atoms with van der Waals surface area (Å²) in [6, 6.07) is 6.39. The van der Waals surface area contributed by atoms with Crippen LogP contribution in [0, 0.1) is 0 Å². The molecule has 6 nitrogen and oxygen atoms in total. The zero-order chi connectivity index (χ0) is 14.7. The molecule has 0 saturated carbocycles.